The molecule has 1 aliphatic heterocycles. The van der Waals surface area contributed by atoms with Gasteiger partial charge in [-0.05, 0) is 36.5 Å². The molecule has 2 amide bonds. The van der Waals surface area contributed by atoms with Gasteiger partial charge in [-0.1, -0.05) is 12.1 Å². The van der Waals surface area contributed by atoms with Crippen molar-refractivity contribution in [3.05, 3.63) is 35.4 Å². The Labute approximate surface area is 123 Å². The van der Waals surface area contributed by atoms with E-state index in [1.54, 1.807) is 17.0 Å². The Balaban J connectivity index is 1.80. The van der Waals surface area contributed by atoms with Gasteiger partial charge in [0.15, 0.2) is 0 Å². The lowest BCUT2D eigenvalue weighted by atomic mass is 10.1. The number of carboxylic acid groups (broad SMARTS) is 1. The van der Waals surface area contributed by atoms with E-state index in [4.69, 9.17) is 10.2 Å². The minimum absolute atomic E-state index is 0.113. The monoisotopic (exact) mass is 292 g/mol. The van der Waals surface area contributed by atoms with Crippen molar-refractivity contribution in [2.24, 2.45) is 5.92 Å². The highest BCUT2D eigenvalue weighted by Crippen LogP contribution is 2.19. The number of hydrogen-bond acceptors (Lipinski definition) is 3. The predicted molar refractivity (Wildman–Crippen MR) is 77.0 cm³/mol. The van der Waals surface area contributed by atoms with E-state index < -0.39 is 5.97 Å². The highest BCUT2D eigenvalue weighted by atomic mass is 16.4. The van der Waals surface area contributed by atoms with Crippen molar-refractivity contribution in [3.63, 3.8) is 0 Å². The molecule has 0 radical (unpaired) electrons. The lowest BCUT2D eigenvalue weighted by Gasteiger charge is -2.17. The molecule has 1 atom stereocenters. The molecule has 1 heterocycles. The average Bonchev–Trinajstić information content (AvgIpc) is 2.94. The zero-order valence-electron chi connectivity index (χ0n) is 11.8. The Kier molecular flexibility index (Phi) is 5.16. The molecule has 0 bridgehead atoms. The van der Waals surface area contributed by atoms with Gasteiger partial charge in [0.25, 0.3) is 0 Å². The van der Waals surface area contributed by atoms with E-state index in [9.17, 15) is 9.59 Å². The first-order chi connectivity index (χ1) is 10.1. The number of benzene rings is 1. The van der Waals surface area contributed by atoms with Crippen LogP contribution < -0.4 is 5.32 Å². The summed E-state index contributed by atoms with van der Waals surface area (Å²) in [6, 6.07) is 6.33. The van der Waals surface area contributed by atoms with Gasteiger partial charge in [0, 0.05) is 26.2 Å². The first-order valence-electron chi connectivity index (χ1n) is 7.06. The summed E-state index contributed by atoms with van der Waals surface area (Å²) < 4.78 is 0. The van der Waals surface area contributed by atoms with Crippen LogP contribution in [0.25, 0.3) is 0 Å². The molecule has 1 aromatic carbocycles. The number of urea groups is 1. The first kappa shape index (κ1) is 15.3. The summed E-state index contributed by atoms with van der Waals surface area (Å²) in [5, 5.41) is 20.5. The van der Waals surface area contributed by atoms with Crippen LogP contribution in [0, 0.1) is 5.92 Å². The number of aliphatic hydroxyl groups excluding tert-OH is 1. The Hall–Kier alpha value is -2.08. The molecule has 3 N–H and O–H groups in total. The van der Waals surface area contributed by atoms with Gasteiger partial charge in [0.05, 0.1) is 5.56 Å². The number of carboxylic acids is 1. The van der Waals surface area contributed by atoms with Crippen molar-refractivity contribution < 1.29 is 19.8 Å². The maximum atomic E-state index is 12.0. The highest BCUT2D eigenvalue weighted by Gasteiger charge is 2.25. The number of likely N-dealkylation sites (tertiary alicyclic amines) is 1. The number of hydrogen-bond donors (Lipinski definition) is 3. The third kappa shape index (κ3) is 4.19. The molecule has 0 aliphatic carbocycles. The van der Waals surface area contributed by atoms with Crippen LogP contribution in [0.3, 0.4) is 0 Å². The molecule has 6 nitrogen and oxygen atoms in total. The standard InChI is InChI=1S/C15H20N2O4/c18-8-6-12-5-7-17(10-12)15(21)16-9-11-1-3-13(4-2-11)14(19)20/h1-4,12,18H,5-10H2,(H,16,21)(H,19,20). The molecule has 0 saturated carbocycles. The molecule has 1 aliphatic rings. The molecule has 1 unspecified atom stereocenters. The zero-order chi connectivity index (χ0) is 15.2. The summed E-state index contributed by atoms with van der Waals surface area (Å²) in [6.45, 7) is 1.94. The summed E-state index contributed by atoms with van der Waals surface area (Å²) in [5.41, 5.74) is 1.09. The van der Waals surface area contributed by atoms with Crippen LogP contribution in [-0.4, -0.2) is 46.8 Å². The fraction of sp³-hybridized carbons (Fsp3) is 0.467. The second-order valence-electron chi connectivity index (χ2n) is 5.27. The van der Waals surface area contributed by atoms with Crippen molar-refractivity contribution in [2.75, 3.05) is 19.7 Å². The Bertz CT molecular complexity index is 501. The Morgan fingerprint density at radius 1 is 1.29 bits per heavy atom. The number of nitrogens with zero attached hydrogens (tertiary/aromatic N) is 1. The Morgan fingerprint density at radius 2 is 2.00 bits per heavy atom. The van der Waals surface area contributed by atoms with Gasteiger partial charge < -0.3 is 20.4 Å². The van der Waals surface area contributed by atoms with Crippen molar-refractivity contribution in [3.8, 4) is 0 Å². The molecule has 1 fully saturated rings. The number of aliphatic hydroxyl groups is 1. The summed E-state index contributed by atoms with van der Waals surface area (Å²) in [4.78, 5) is 24.5. The van der Waals surface area contributed by atoms with Gasteiger partial charge >= 0.3 is 12.0 Å². The number of aromatic carboxylic acids is 1. The van der Waals surface area contributed by atoms with Crippen LogP contribution in [-0.2, 0) is 6.54 Å². The minimum Gasteiger partial charge on any atom is -0.478 e. The molecule has 2 rings (SSSR count). The second kappa shape index (κ2) is 7.08. The topological polar surface area (TPSA) is 89.9 Å². The number of nitrogens with one attached hydrogen (secondary N) is 1. The molecule has 114 valence electrons. The molecule has 0 spiro atoms. The maximum absolute atomic E-state index is 12.0. The highest BCUT2D eigenvalue weighted by molar-refractivity contribution is 5.87. The van der Waals surface area contributed by atoms with Crippen LogP contribution in [0.2, 0.25) is 0 Å². The van der Waals surface area contributed by atoms with Crippen molar-refractivity contribution in [1.29, 1.82) is 0 Å². The van der Waals surface area contributed by atoms with Gasteiger partial charge in [-0.3, -0.25) is 0 Å². The summed E-state index contributed by atoms with van der Waals surface area (Å²) in [5.74, 6) is -0.576. The lowest BCUT2D eigenvalue weighted by Crippen LogP contribution is -2.38. The lowest BCUT2D eigenvalue weighted by molar-refractivity contribution is 0.0697. The average molecular weight is 292 g/mol. The molecular weight excluding hydrogens is 272 g/mol. The van der Waals surface area contributed by atoms with E-state index in [0.717, 1.165) is 18.4 Å². The number of carbonyl (C=O) groups excluding carboxylic acids is 1. The maximum Gasteiger partial charge on any atom is 0.335 e. The van der Waals surface area contributed by atoms with E-state index in [-0.39, 0.29) is 18.2 Å². The predicted octanol–water partition coefficient (Wildman–Crippen LogP) is 1.30. The smallest absolute Gasteiger partial charge is 0.335 e. The number of amides is 2. The first-order valence-corrected chi connectivity index (χ1v) is 7.06. The largest absolute Gasteiger partial charge is 0.478 e. The fourth-order valence-electron chi connectivity index (χ4n) is 2.49. The molecule has 21 heavy (non-hydrogen) atoms. The molecule has 0 aromatic heterocycles. The molecular formula is C15H20N2O4. The zero-order valence-corrected chi connectivity index (χ0v) is 11.8. The van der Waals surface area contributed by atoms with E-state index in [2.05, 4.69) is 5.32 Å². The Morgan fingerprint density at radius 3 is 2.62 bits per heavy atom. The quantitative estimate of drug-likeness (QED) is 0.763. The third-order valence-electron chi connectivity index (χ3n) is 3.76. The van der Waals surface area contributed by atoms with E-state index in [0.29, 0.717) is 25.6 Å². The SMILES string of the molecule is O=C(O)c1ccc(CNC(=O)N2CCC(CCO)C2)cc1. The van der Waals surface area contributed by atoms with Crippen LogP contribution in [0.4, 0.5) is 4.79 Å². The normalized spacial score (nSPS) is 17.8. The number of carbonyl (C=O) groups is 2. The van der Waals surface area contributed by atoms with E-state index >= 15 is 0 Å². The minimum atomic E-state index is -0.961. The summed E-state index contributed by atoms with van der Waals surface area (Å²) >= 11 is 0. The van der Waals surface area contributed by atoms with E-state index in [1.807, 2.05) is 0 Å². The second-order valence-corrected chi connectivity index (χ2v) is 5.27. The van der Waals surface area contributed by atoms with Crippen LogP contribution in [0.1, 0.15) is 28.8 Å². The van der Waals surface area contributed by atoms with Crippen LogP contribution in [0.5, 0.6) is 0 Å². The molecule has 1 saturated heterocycles. The third-order valence-corrected chi connectivity index (χ3v) is 3.76. The fourth-order valence-corrected chi connectivity index (χ4v) is 2.49. The van der Waals surface area contributed by atoms with Crippen LogP contribution in [0.15, 0.2) is 24.3 Å². The van der Waals surface area contributed by atoms with E-state index in [1.165, 1.54) is 12.1 Å². The van der Waals surface area contributed by atoms with Gasteiger partial charge in [-0.15, -0.1) is 0 Å². The van der Waals surface area contributed by atoms with Crippen molar-refractivity contribution >= 4 is 12.0 Å². The van der Waals surface area contributed by atoms with Gasteiger partial charge in [-0.2, -0.15) is 0 Å². The molecule has 1 aromatic rings. The number of rotatable bonds is 5. The molecule has 6 heteroatoms. The summed E-state index contributed by atoms with van der Waals surface area (Å²) in [6.07, 6.45) is 1.67. The van der Waals surface area contributed by atoms with Gasteiger partial charge in [-0.25, -0.2) is 9.59 Å². The van der Waals surface area contributed by atoms with Crippen molar-refractivity contribution in [2.45, 2.75) is 19.4 Å². The van der Waals surface area contributed by atoms with Crippen molar-refractivity contribution in [1.82, 2.24) is 10.2 Å². The van der Waals surface area contributed by atoms with Gasteiger partial charge in [0.1, 0.15) is 0 Å². The summed E-state index contributed by atoms with van der Waals surface area (Å²) in [7, 11) is 0. The van der Waals surface area contributed by atoms with Crippen LogP contribution >= 0.6 is 0 Å². The van der Waals surface area contributed by atoms with Gasteiger partial charge in [0.2, 0.25) is 0 Å².